The average Bonchev–Trinajstić information content (AvgIpc) is 2.74. The molecule has 0 aliphatic carbocycles. The number of nitrogens with zero attached hydrogens (tertiary/aromatic N) is 1. The minimum absolute atomic E-state index is 0.0122. The second-order valence-electron chi connectivity index (χ2n) is 7.25. The van der Waals surface area contributed by atoms with Crippen LogP contribution in [0.15, 0.2) is 42.5 Å². The third-order valence-electron chi connectivity index (χ3n) is 4.90. The van der Waals surface area contributed by atoms with Crippen molar-refractivity contribution in [2.45, 2.75) is 52.2 Å². The van der Waals surface area contributed by atoms with Gasteiger partial charge in [0.15, 0.2) is 6.61 Å². The molecule has 0 fully saturated rings. The van der Waals surface area contributed by atoms with Crippen LogP contribution in [0.4, 0.5) is 0 Å². The number of carbonyl (C=O) groups excluding carboxylic acids is 2. The summed E-state index contributed by atoms with van der Waals surface area (Å²) in [5.74, 6) is -0.168. The molecule has 1 N–H and O–H groups in total. The molecule has 0 unspecified atom stereocenters. The standard InChI is InChI=1S/C23H27Cl3N2O3/c1-4-15(3)27-23(30)20(5-2)28(13-16-6-8-17(24)9-7-16)22(29)14-31-21-11-10-18(25)12-19(21)26/h6-12,15,20H,4-5,13-14H2,1-3H3,(H,27,30)/t15-,20+/m0/s1. The summed E-state index contributed by atoms with van der Waals surface area (Å²) in [7, 11) is 0. The summed E-state index contributed by atoms with van der Waals surface area (Å²) in [4.78, 5) is 27.6. The predicted molar refractivity (Wildman–Crippen MR) is 126 cm³/mol. The van der Waals surface area contributed by atoms with Gasteiger partial charge in [-0.3, -0.25) is 9.59 Å². The Hall–Kier alpha value is -1.95. The highest BCUT2D eigenvalue weighted by atomic mass is 35.5. The molecule has 2 atom stereocenters. The highest BCUT2D eigenvalue weighted by molar-refractivity contribution is 6.35. The zero-order valence-corrected chi connectivity index (χ0v) is 20.1. The number of hydrogen-bond donors (Lipinski definition) is 1. The highest BCUT2D eigenvalue weighted by Gasteiger charge is 2.29. The molecule has 2 aromatic rings. The van der Waals surface area contributed by atoms with Crippen LogP contribution in [0.1, 0.15) is 39.2 Å². The van der Waals surface area contributed by atoms with E-state index in [1.165, 1.54) is 4.90 Å². The average molecular weight is 486 g/mol. The van der Waals surface area contributed by atoms with Gasteiger partial charge in [0.1, 0.15) is 11.8 Å². The van der Waals surface area contributed by atoms with Crippen molar-refractivity contribution in [3.8, 4) is 5.75 Å². The Bertz CT molecular complexity index is 890. The Kier molecular flexibility index (Phi) is 9.94. The lowest BCUT2D eigenvalue weighted by Gasteiger charge is -2.31. The summed E-state index contributed by atoms with van der Waals surface area (Å²) in [6.45, 7) is 5.79. The van der Waals surface area contributed by atoms with Crippen molar-refractivity contribution in [3.05, 3.63) is 63.1 Å². The molecule has 2 aromatic carbocycles. The van der Waals surface area contributed by atoms with Crippen LogP contribution < -0.4 is 10.1 Å². The first-order valence-corrected chi connectivity index (χ1v) is 11.3. The summed E-state index contributed by atoms with van der Waals surface area (Å²) in [5, 5.41) is 4.35. The van der Waals surface area contributed by atoms with Crippen LogP contribution in [0.3, 0.4) is 0 Å². The quantitative estimate of drug-likeness (QED) is 0.466. The monoisotopic (exact) mass is 484 g/mol. The lowest BCUT2D eigenvalue weighted by Crippen LogP contribution is -2.51. The molecule has 0 spiro atoms. The van der Waals surface area contributed by atoms with E-state index >= 15 is 0 Å². The zero-order valence-electron chi connectivity index (χ0n) is 17.8. The maximum atomic E-state index is 13.2. The van der Waals surface area contributed by atoms with E-state index in [1.807, 2.05) is 32.9 Å². The van der Waals surface area contributed by atoms with E-state index in [2.05, 4.69) is 5.32 Å². The van der Waals surface area contributed by atoms with Crippen LogP contribution in [-0.4, -0.2) is 35.4 Å². The van der Waals surface area contributed by atoms with Gasteiger partial charge in [-0.15, -0.1) is 0 Å². The van der Waals surface area contributed by atoms with Gasteiger partial charge >= 0.3 is 0 Å². The summed E-state index contributed by atoms with van der Waals surface area (Å²) < 4.78 is 5.63. The second kappa shape index (κ2) is 12.2. The third kappa shape index (κ3) is 7.60. The SMILES string of the molecule is CC[C@H](C(=O)N[C@@H](C)CC)N(Cc1ccc(Cl)cc1)C(=O)COc1ccc(Cl)cc1Cl. The Morgan fingerprint density at radius 1 is 1.00 bits per heavy atom. The molecule has 0 aliphatic rings. The number of nitrogens with one attached hydrogen (secondary N) is 1. The van der Waals surface area contributed by atoms with Crippen LogP contribution in [0.2, 0.25) is 15.1 Å². The number of ether oxygens (including phenoxy) is 1. The molecule has 5 nitrogen and oxygen atoms in total. The van der Waals surface area contributed by atoms with Crippen LogP contribution >= 0.6 is 34.8 Å². The Balaban J connectivity index is 2.22. The molecule has 0 aliphatic heterocycles. The molecular weight excluding hydrogens is 459 g/mol. The smallest absolute Gasteiger partial charge is 0.261 e. The Morgan fingerprint density at radius 3 is 2.23 bits per heavy atom. The van der Waals surface area contributed by atoms with Gasteiger partial charge in [-0.1, -0.05) is 60.8 Å². The molecule has 8 heteroatoms. The van der Waals surface area contributed by atoms with Crippen molar-refractivity contribution in [2.24, 2.45) is 0 Å². The fourth-order valence-corrected chi connectivity index (χ4v) is 3.55. The maximum Gasteiger partial charge on any atom is 0.261 e. The summed E-state index contributed by atoms with van der Waals surface area (Å²) in [6, 6.07) is 11.3. The van der Waals surface area contributed by atoms with E-state index in [4.69, 9.17) is 39.5 Å². The van der Waals surface area contributed by atoms with Crippen molar-refractivity contribution in [3.63, 3.8) is 0 Å². The van der Waals surface area contributed by atoms with Gasteiger partial charge in [0.2, 0.25) is 5.91 Å². The topological polar surface area (TPSA) is 58.6 Å². The van der Waals surface area contributed by atoms with Gasteiger partial charge in [0.25, 0.3) is 5.91 Å². The van der Waals surface area contributed by atoms with Crippen LogP contribution in [-0.2, 0) is 16.1 Å². The van der Waals surface area contributed by atoms with Crippen molar-refractivity contribution in [2.75, 3.05) is 6.61 Å². The van der Waals surface area contributed by atoms with Gasteiger partial charge in [-0.05, 0) is 55.7 Å². The maximum absolute atomic E-state index is 13.2. The first kappa shape index (κ1) is 25.3. The number of benzene rings is 2. The lowest BCUT2D eigenvalue weighted by atomic mass is 10.1. The Labute approximate surface area is 198 Å². The summed E-state index contributed by atoms with van der Waals surface area (Å²) in [5.41, 5.74) is 0.858. The van der Waals surface area contributed by atoms with Crippen LogP contribution in [0.25, 0.3) is 0 Å². The number of carbonyl (C=O) groups is 2. The third-order valence-corrected chi connectivity index (χ3v) is 5.68. The predicted octanol–water partition coefficient (Wildman–Crippen LogP) is 5.75. The molecule has 2 amide bonds. The minimum Gasteiger partial charge on any atom is -0.482 e. The number of rotatable bonds is 10. The Morgan fingerprint density at radius 2 is 1.65 bits per heavy atom. The first-order valence-electron chi connectivity index (χ1n) is 10.2. The normalized spacial score (nSPS) is 12.7. The molecule has 168 valence electrons. The fraction of sp³-hybridized carbons (Fsp3) is 0.391. The summed E-state index contributed by atoms with van der Waals surface area (Å²) in [6.07, 6.45) is 1.26. The van der Waals surface area contributed by atoms with E-state index in [1.54, 1.807) is 30.3 Å². The minimum atomic E-state index is -0.638. The highest BCUT2D eigenvalue weighted by Crippen LogP contribution is 2.27. The molecule has 31 heavy (non-hydrogen) atoms. The number of hydrogen-bond acceptors (Lipinski definition) is 3. The van der Waals surface area contributed by atoms with Crippen molar-refractivity contribution in [1.29, 1.82) is 0 Å². The molecule has 0 heterocycles. The van der Waals surface area contributed by atoms with E-state index in [0.717, 1.165) is 12.0 Å². The number of amides is 2. The van der Waals surface area contributed by atoms with E-state index in [0.29, 0.717) is 27.2 Å². The van der Waals surface area contributed by atoms with Crippen molar-refractivity contribution < 1.29 is 14.3 Å². The van der Waals surface area contributed by atoms with Gasteiger partial charge in [0.05, 0.1) is 5.02 Å². The molecule has 0 saturated heterocycles. The fourth-order valence-electron chi connectivity index (χ4n) is 2.96. The van der Waals surface area contributed by atoms with E-state index < -0.39 is 6.04 Å². The van der Waals surface area contributed by atoms with Crippen LogP contribution in [0, 0.1) is 0 Å². The van der Waals surface area contributed by atoms with Crippen molar-refractivity contribution >= 4 is 46.6 Å². The largest absolute Gasteiger partial charge is 0.482 e. The number of halogens is 3. The molecule has 2 rings (SSSR count). The molecule has 0 radical (unpaired) electrons. The molecular formula is C23H27Cl3N2O3. The van der Waals surface area contributed by atoms with Gasteiger partial charge in [0, 0.05) is 22.6 Å². The molecule has 0 aromatic heterocycles. The molecule has 0 bridgehead atoms. The van der Waals surface area contributed by atoms with Crippen LogP contribution in [0.5, 0.6) is 5.75 Å². The van der Waals surface area contributed by atoms with Gasteiger partial charge in [-0.2, -0.15) is 0 Å². The van der Waals surface area contributed by atoms with E-state index in [9.17, 15) is 9.59 Å². The first-order chi connectivity index (χ1) is 14.7. The molecule has 0 saturated carbocycles. The second-order valence-corrected chi connectivity index (χ2v) is 8.53. The van der Waals surface area contributed by atoms with Gasteiger partial charge in [-0.25, -0.2) is 0 Å². The lowest BCUT2D eigenvalue weighted by molar-refractivity contribution is -0.143. The van der Waals surface area contributed by atoms with Gasteiger partial charge < -0.3 is 15.0 Å². The van der Waals surface area contributed by atoms with E-state index in [-0.39, 0.29) is 31.0 Å². The zero-order chi connectivity index (χ0) is 23.0. The van der Waals surface area contributed by atoms with Crippen molar-refractivity contribution in [1.82, 2.24) is 10.2 Å². The summed E-state index contributed by atoms with van der Waals surface area (Å²) >= 11 is 18.0.